The van der Waals surface area contributed by atoms with Gasteiger partial charge in [-0.05, 0) is 60.7 Å². The minimum absolute atomic E-state index is 0.168. The highest BCUT2D eigenvalue weighted by Gasteiger charge is 2.08. The van der Waals surface area contributed by atoms with Gasteiger partial charge < -0.3 is 5.11 Å². The Labute approximate surface area is 133 Å². The Morgan fingerprint density at radius 1 is 0.913 bits per heavy atom. The molecule has 0 radical (unpaired) electrons. The van der Waals surface area contributed by atoms with E-state index in [0.29, 0.717) is 11.4 Å². The molecule has 0 fully saturated rings. The smallest absolute Gasteiger partial charge is 0.123 e. The third kappa shape index (κ3) is 3.71. The minimum atomic E-state index is -0.312. The molecule has 2 aromatic carbocycles. The van der Waals surface area contributed by atoms with Crippen molar-refractivity contribution in [3.05, 3.63) is 84.4 Å². The Morgan fingerprint density at radius 2 is 1.57 bits per heavy atom. The molecule has 3 rings (SSSR count). The summed E-state index contributed by atoms with van der Waals surface area (Å²) in [5.74, 6) is -0.144. The number of rotatable bonds is 4. The minimum Gasteiger partial charge on any atom is -0.508 e. The third-order valence-corrected chi connectivity index (χ3v) is 3.16. The van der Waals surface area contributed by atoms with Crippen molar-refractivity contribution in [1.82, 2.24) is 4.98 Å². The van der Waals surface area contributed by atoms with Crippen LogP contribution in [0.25, 0.3) is 0 Å². The summed E-state index contributed by atoms with van der Waals surface area (Å²) >= 11 is 0. The number of hydrazone groups is 1. The number of phenols is 1. The largest absolute Gasteiger partial charge is 0.508 e. The fourth-order valence-corrected chi connectivity index (χ4v) is 2.03. The van der Waals surface area contributed by atoms with Gasteiger partial charge in [-0.3, -0.25) is 4.98 Å². The third-order valence-electron chi connectivity index (χ3n) is 3.16. The fourth-order valence-electron chi connectivity index (χ4n) is 2.03. The Kier molecular flexibility index (Phi) is 4.29. The number of hydrogen-bond donors (Lipinski definition) is 1. The van der Waals surface area contributed by atoms with E-state index in [-0.39, 0.29) is 11.6 Å². The lowest BCUT2D eigenvalue weighted by atomic mass is 10.2. The van der Waals surface area contributed by atoms with Crippen LogP contribution in [0.4, 0.5) is 15.8 Å². The molecule has 0 aliphatic carbocycles. The average Bonchev–Trinajstić information content (AvgIpc) is 2.59. The Balaban J connectivity index is 1.97. The summed E-state index contributed by atoms with van der Waals surface area (Å²) in [6.07, 6.45) is 3.31. The lowest BCUT2D eigenvalue weighted by Crippen LogP contribution is -2.09. The van der Waals surface area contributed by atoms with Crippen LogP contribution >= 0.6 is 0 Å². The molecule has 0 saturated heterocycles. The fraction of sp³-hybridized carbons (Fsp3) is 0. The van der Waals surface area contributed by atoms with Crippen LogP contribution in [0.5, 0.6) is 5.75 Å². The normalized spacial score (nSPS) is 10.8. The maximum absolute atomic E-state index is 13.2. The van der Waals surface area contributed by atoms with Crippen LogP contribution in [0.15, 0.2) is 78.0 Å². The predicted octanol–water partition coefficient (Wildman–Crippen LogP) is 4.10. The Morgan fingerprint density at radius 3 is 2.17 bits per heavy atom. The van der Waals surface area contributed by atoms with Crippen LogP contribution < -0.4 is 5.01 Å². The van der Waals surface area contributed by atoms with E-state index in [4.69, 9.17) is 0 Å². The van der Waals surface area contributed by atoms with E-state index >= 15 is 0 Å². The SMILES string of the molecule is Oc1ccc(N(/N=C/c2ccccn2)c2ccc(F)cc2)cc1. The van der Waals surface area contributed by atoms with Crippen LogP contribution in [0.1, 0.15) is 5.69 Å². The summed E-state index contributed by atoms with van der Waals surface area (Å²) < 4.78 is 13.2. The van der Waals surface area contributed by atoms with Gasteiger partial charge in [-0.25, -0.2) is 9.40 Å². The number of anilines is 2. The van der Waals surface area contributed by atoms with Crippen LogP contribution in [-0.4, -0.2) is 16.3 Å². The van der Waals surface area contributed by atoms with E-state index in [0.717, 1.165) is 5.69 Å². The zero-order valence-electron chi connectivity index (χ0n) is 12.2. The quantitative estimate of drug-likeness (QED) is 0.583. The van der Waals surface area contributed by atoms with Gasteiger partial charge in [0.15, 0.2) is 0 Å². The van der Waals surface area contributed by atoms with Crippen molar-refractivity contribution in [3.63, 3.8) is 0 Å². The highest BCUT2D eigenvalue weighted by Crippen LogP contribution is 2.27. The molecule has 1 aromatic heterocycles. The van der Waals surface area contributed by atoms with Crippen molar-refractivity contribution >= 4 is 17.6 Å². The molecule has 1 heterocycles. The maximum atomic E-state index is 13.2. The molecule has 0 atom stereocenters. The average molecular weight is 307 g/mol. The second kappa shape index (κ2) is 6.70. The first-order valence-electron chi connectivity index (χ1n) is 7.02. The molecule has 0 aliphatic heterocycles. The van der Waals surface area contributed by atoms with Crippen LogP contribution in [0.3, 0.4) is 0 Å². The van der Waals surface area contributed by atoms with E-state index < -0.39 is 0 Å². The first kappa shape index (κ1) is 14.7. The molecule has 0 aliphatic rings. The Hall–Kier alpha value is -3.21. The lowest BCUT2D eigenvalue weighted by molar-refractivity contribution is 0.475. The summed E-state index contributed by atoms with van der Waals surface area (Å²) in [7, 11) is 0. The first-order valence-corrected chi connectivity index (χ1v) is 7.02. The van der Waals surface area contributed by atoms with E-state index in [1.807, 2.05) is 18.2 Å². The van der Waals surface area contributed by atoms with Crippen LogP contribution in [0.2, 0.25) is 0 Å². The van der Waals surface area contributed by atoms with Gasteiger partial charge in [-0.2, -0.15) is 5.10 Å². The van der Waals surface area contributed by atoms with Crippen molar-refractivity contribution in [2.24, 2.45) is 5.10 Å². The topological polar surface area (TPSA) is 48.7 Å². The second-order valence-electron chi connectivity index (χ2n) is 4.80. The molecule has 0 saturated carbocycles. The van der Waals surface area contributed by atoms with Gasteiger partial charge >= 0.3 is 0 Å². The number of benzene rings is 2. The molecule has 0 bridgehead atoms. The summed E-state index contributed by atoms with van der Waals surface area (Å²) in [4.78, 5) is 4.19. The van der Waals surface area contributed by atoms with Gasteiger partial charge in [-0.15, -0.1) is 0 Å². The first-order chi connectivity index (χ1) is 11.2. The molecule has 0 amide bonds. The van der Waals surface area contributed by atoms with Gasteiger partial charge in [0.2, 0.25) is 0 Å². The van der Waals surface area contributed by atoms with Crippen molar-refractivity contribution in [2.75, 3.05) is 5.01 Å². The number of aromatic nitrogens is 1. The zero-order valence-corrected chi connectivity index (χ0v) is 12.2. The lowest BCUT2D eigenvalue weighted by Gasteiger charge is -2.19. The van der Waals surface area contributed by atoms with Crippen LogP contribution in [-0.2, 0) is 0 Å². The second-order valence-corrected chi connectivity index (χ2v) is 4.80. The van der Waals surface area contributed by atoms with E-state index in [9.17, 15) is 9.50 Å². The number of hydrogen-bond acceptors (Lipinski definition) is 4. The highest BCUT2D eigenvalue weighted by atomic mass is 19.1. The number of phenolic OH excluding ortho intramolecular Hbond substituents is 1. The molecule has 0 spiro atoms. The maximum Gasteiger partial charge on any atom is 0.123 e. The molecule has 0 unspecified atom stereocenters. The number of halogens is 1. The van der Waals surface area contributed by atoms with Crippen molar-refractivity contribution in [2.45, 2.75) is 0 Å². The van der Waals surface area contributed by atoms with E-state index in [1.54, 1.807) is 53.8 Å². The summed E-state index contributed by atoms with van der Waals surface area (Å²) in [5, 5.41) is 15.5. The van der Waals surface area contributed by atoms with Gasteiger partial charge in [-0.1, -0.05) is 6.07 Å². The van der Waals surface area contributed by atoms with Crippen LogP contribution in [0, 0.1) is 5.82 Å². The molecular weight excluding hydrogens is 293 g/mol. The molecule has 1 N–H and O–H groups in total. The van der Waals surface area contributed by atoms with E-state index in [1.165, 1.54) is 12.1 Å². The standard InChI is InChI=1S/C18H14FN3O/c19-14-4-6-16(7-5-14)22(17-8-10-18(23)11-9-17)21-13-15-3-1-2-12-20-15/h1-13,23H/b21-13+. The molecule has 3 aromatic rings. The monoisotopic (exact) mass is 307 g/mol. The summed E-state index contributed by atoms with van der Waals surface area (Å²) in [6, 6.07) is 18.2. The summed E-state index contributed by atoms with van der Waals surface area (Å²) in [5.41, 5.74) is 2.14. The Bertz CT molecular complexity index is 741. The number of pyridine rings is 1. The molecular formula is C18H14FN3O. The molecule has 5 heteroatoms. The van der Waals surface area contributed by atoms with Gasteiger partial charge in [0.05, 0.1) is 23.3 Å². The molecule has 114 valence electrons. The van der Waals surface area contributed by atoms with Gasteiger partial charge in [0.25, 0.3) is 0 Å². The highest BCUT2D eigenvalue weighted by molar-refractivity contribution is 5.79. The van der Waals surface area contributed by atoms with Crippen molar-refractivity contribution < 1.29 is 9.50 Å². The number of nitrogens with zero attached hydrogens (tertiary/aromatic N) is 3. The number of aromatic hydroxyl groups is 1. The zero-order chi connectivity index (χ0) is 16.1. The van der Waals surface area contributed by atoms with Crippen molar-refractivity contribution in [1.29, 1.82) is 0 Å². The van der Waals surface area contributed by atoms with Gasteiger partial charge in [0, 0.05) is 6.20 Å². The van der Waals surface area contributed by atoms with Crippen molar-refractivity contribution in [3.8, 4) is 5.75 Å². The molecule has 23 heavy (non-hydrogen) atoms. The van der Waals surface area contributed by atoms with E-state index in [2.05, 4.69) is 10.1 Å². The predicted molar refractivity (Wildman–Crippen MR) is 88.5 cm³/mol. The van der Waals surface area contributed by atoms with Gasteiger partial charge in [0.1, 0.15) is 11.6 Å². The molecule has 4 nitrogen and oxygen atoms in total. The summed E-state index contributed by atoms with van der Waals surface area (Å²) in [6.45, 7) is 0.